The Balaban J connectivity index is 2.04. The number of nitrogens with zero attached hydrogens (tertiary/aromatic N) is 3. The first kappa shape index (κ1) is 12.5. The third kappa shape index (κ3) is 3.23. The minimum Gasteiger partial charge on any atom is -0.311 e. The highest BCUT2D eigenvalue weighted by Gasteiger charge is 2.24. The van der Waals surface area contributed by atoms with E-state index >= 15 is 0 Å². The molecular formula is C13H22N4. The van der Waals surface area contributed by atoms with Gasteiger partial charge < -0.3 is 5.32 Å². The fraction of sp³-hybridized carbons (Fsp3) is 0.692. The maximum Gasteiger partial charge on any atom is 0.125 e. The Kier molecular flexibility index (Phi) is 4.07. The second kappa shape index (κ2) is 5.56. The van der Waals surface area contributed by atoms with Gasteiger partial charge in [-0.1, -0.05) is 6.92 Å². The van der Waals surface area contributed by atoms with E-state index in [1.54, 1.807) is 0 Å². The van der Waals surface area contributed by atoms with Crippen LogP contribution in [0.4, 0.5) is 0 Å². The van der Waals surface area contributed by atoms with E-state index in [0.717, 1.165) is 31.2 Å². The molecule has 4 nitrogen and oxygen atoms in total. The number of hydrogen-bond acceptors (Lipinski definition) is 4. The average molecular weight is 234 g/mol. The Hall–Kier alpha value is -1.00. The summed E-state index contributed by atoms with van der Waals surface area (Å²) in [5, 5.41) is 3.54. The molecule has 17 heavy (non-hydrogen) atoms. The number of piperazine rings is 1. The fourth-order valence-electron chi connectivity index (χ4n) is 2.43. The van der Waals surface area contributed by atoms with Gasteiger partial charge >= 0.3 is 0 Å². The van der Waals surface area contributed by atoms with E-state index in [0.29, 0.717) is 12.1 Å². The van der Waals surface area contributed by atoms with Crippen LogP contribution in [-0.4, -0.2) is 40.0 Å². The largest absolute Gasteiger partial charge is 0.311 e. The molecule has 0 aliphatic carbocycles. The minimum absolute atomic E-state index is 0.570. The molecular weight excluding hydrogens is 212 g/mol. The average Bonchev–Trinajstić information content (AvgIpc) is 2.29. The first-order valence-electron chi connectivity index (χ1n) is 6.45. The SMILES string of the molecule is CCC1CNC(C)CN1Cc1ccnc(C)n1. The van der Waals surface area contributed by atoms with Crippen molar-refractivity contribution in [3.63, 3.8) is 0 Å². The predicted octanol–water partition coefficient (Wildman–Crippen LogP) is 1.36. The van der Waals surface area contributed by atoms with Crippen LogP contribution in [0.3, 0.4) is 0 Å². The van der Waals surface area contributed by atoms with Gasteiger partial charge in [-0.05, 0) is 26.3 Å². The van der Waals surface area contributed by atoms with Gasteiger partial charge in [-0.3, -0.25) is 4.90 Å². The quantitative estimate of drug-likeness (QED) is 0.857. The van der Waals surface area contributed by atoms with Crippen molar-refractivity contribution in [2.45, 2.75) is 45.8 Å². The standard InChI is InChI=1S/C13H22N4/c1-4-13-7-15-10(2)8-17(13)9-12-5-6-14-11(3)16-12/h5-6,10,13,15H,4,7-9H2,1-3H3. The fourth-order valence-corrected chi connectivity index (χ4v) is 2.43. The molecule has 0 bridgehead atoms. The van der Waals surface area contributed by atoms with Crippen LogP contribution in [0.1, 0.15) is 31.8 Å². The summed E-state index contributed by atoms with van der Waals surface area (Å²) >= 11 is 0. The maximum absolute atomic E-state index is 4.49. The summed E-state index contributed by atoms with van der Waals surface area (Å²) in [6.07, 6.45) is 3.04. The summed E-state index contributed by atoms with van der Waals surface area (Å²) < 4.78 is 0. The van der Waals surface area contributed by atoms with Crippen molar-refractivity contribution in [2.75, 3.05) is 13.1 Å². The van der Waals surface area contributed by atoms with Crippen LogP contribution >= 0.6 is 0 Å². The zero-order valence-corrected chi connectivity index (χ0v) is 11.0. The Morgan fingerprint density at radius 2 is 2.35 bits per heavy atom. The van der Waals surface area contributed by atoms with Gasteiger partial charge in [-0.25, -0.2) is 9.97 Å². The third-order valence-electron chi connectivity index (χ3n) is 3.40. The number of aromatic nitrogens is 2. The highest BCUT2D eigenvalue weighted by atomic mass is 15.2. The van der Waals surface area contributed by atoms with Gasteiger partial charge in [-0.2, -0.15) is 0 Å². The van der Waals surface area contributed by atoms with E-state index in [1.165, 1.54) is 6.42 Å². The van der Waals surface area contributed by atoms with Crippen LogP contribution < -0.4 is 5.32 Å². The van der Waals surface area contributed by atoms with Crippen LogP contribution in [0, 0.1) is 6.92 Å². The van der Waals surface area contributed by atoms with E-state index in [9.17, 15) is 0 Å². The van der Waals surface area contributed by atoms with Crippen molar-refractivity contribution >= 4 is 0 Å². The molecule has 2 atom stereocenters. The van der Waals surface area contributed by atoms with Crippen molar-refractivity contribution in [1.82, 2.24) is 20.2 Å². The monoisotopic (exact) mass is 234 g/mol. The highest BCUT2D eigenvalue weighted by Crippen LogP contribution is 2.13. The van der Waals surface area contributed by atoms with Crippen LogP contribution in [0.5, 0.6) is 0 Å². The summed E-state index contributed by atoms with van der Waals surface area (Å²) in [6.45, 7) is 9.56. The smallest absolute Gasteiger partial charge is 0.125 e. The van der Waals surface area contributed by atoms with Crippen molar-refractivity contribution in [1.29, 1.82) is 0 Å². The number of rotatable bonds is 3. The highest BCUT2D eigenvalue weighted by molar-refractivity contribution is 5.02. The molecule has 1 aliphatic heterocycles. The summed E-state index contributed by atoms with van der Waals surface area (Å²) in [6, 6.07) is 3.22. The lowest BCUT2D eigenvalue weighted by molar-refractivity contribution is 0.122. The zero-order chi connectivity index (χ0) is 12.3. The number of hydrogen-bond donors (Lipinski definition) is 1. The molecule has 0 saturated carbocycles. The zero-order valence-electron chi connectivity index (χ0n) is 11.0. The van der Waals surface area contributed by atoms with Gasteiger partial charge in [0.2, 0.25) is 0 Å². The van der Waals surface area contributed by atoms with Gasteiger partial charge in [0.15, 0.2) is 0 Å². The molecule has 2 heterocycles. The van der Waals surface area contributed by atoms with Crippen LogP contribution in [0.25, 0.3) is 0 Å². The second-order valence-electron chi connectivity index (χ2n) is 4.90. The first-order valence-corrected chi connectivity index (χ1v) is 6.45. The molecule has 2 rings (SSSR count). The van der Waals surface area contributed by atoms with Crippen LogP contribution in [-0.2, 0) is 6.54 Å². The van der Waals surface area contributed by atoms with Gasteiger partial charge in [0.1, 0.15) is 5.82 Å². The lowest BCUT2D eigenvalue weighted by atomic mass is 10.1. The lowest BCUT2D eigenvalue weighted by Crippen LogP contribution is -2.54. The molecule has 0 radical (unpaired) electrons. The van der Waals surface area contributed by atoms with Gasteiger partial charge in [-0.15, -0.1) is 0 Å². The molecule has 2 unspecified atom stereocenters. The predicted molar refractivity (Wildman–Crippen MR) is 68.7 cm³/mol. The molecule has 0 spiro atoms. The molecule has 0 amide bonds. The summed E-state index contributed by atoms with van der Waals surface area (Å²) in [5.74, 6) is 0.860. The molecule has 4 heteroatoms. The third-order valence-corrected chi connectivity index (χ3v) is 3.40. The van der Waals surface area contributed by atoms with E-state index in [1.807, 2.05) is 19.2 Å². The van der Waals surface area contributed by atoms with E-state index < -0.39 is 0 Å². The summed E-state index contributed by atoms with van der Waals surface area (Å²) in [7, 11) is 0. The molecule has 1 fully saturated rings. The van der Waals surface area contributed by atoms with Crippen molar-refractivity contribution in [2.24, 2.45) is 0 Å². The number of nitrogens with one attached hydrogen (secondary N) is 1. The molecule has 1 aromatic heterocycles. The molecule has 1 aliphatic rings. The molecule has 1 aromatic rings. The Morgan fingerprint density at radius 1 is 1.53 bits per heavy atom. The maximum atomic E-state index is 4.49. The van der Waals surface area contributed by atoms with Gasteiger partial charge in [0.25, 0.3) is 0 Å². The Labute approximate surface area is 103 Å². The summed E-state index contributed by atoms with van der Waals surface area (Å²) in [5.41, 5.74) is 1.13. The Morgan fingerprint density at radius 3 is 3.06 bits per heavy atom. The van der Waals surface area contributed by atoms with Crippen molar-refractivity contribution in [3.8, 4) is 0 Å². The Bertz CT molecular complexity index is 366. The molecule has 0 aromatic carbocycles. The number of aryl methyl sites for hydroxylation is 1. The molecule has 94 valence electrons. The van der Waals surface area contributed by atoms with Crippen molar-refractivity contribution < 1.29 is 0 Å². The van der Waals surface area contributed by atoms with Crippen LogP contribution in [0.2, 0.25) is 0 Å². The normalized spacial score (nSPS) is 26.1. The van der Waals surface area contributed by atoms with E-state index in [2.05, 4.69) is 34.0 Å². The molecule has 1 saturated heterocycles. The first-order chi connectivity index (χ1) is 8.19. The molecule has 1 N–H and O–H groups in total. The lowest BCUT2D eigenvalue weighted by Gasteiger charge is -2.38. The second-order valence-corrected chi connectivity index (χ2v) is 4.90. The van der Waals surface area contributed by atoms with E-state index in [4.69, 9.17) is 0 Å². The van der Waals surface area contributed by atoms with Gasteiger partial charge in [0.05, 0.1) is 5.69 Å². The summed E-state index contributed by atoms with van der Waals surface area (Å²) in [4.78, 5) is 11.2. The van der Waals surface area contributed by atoms with Crippen LogP contribution in [0.15, 0.2) is 12.3 Å². The minimum atomic E-state index is 0.570. The van der Waals surface area contributed by atoms with E-state index in [-0.39, 0.29) is 0 Å². The van der Waals surface area contributed by atoms with Gasteiger partial charge in [0, 0.05) is 37.9 Å². The topological polar surface area (TPSA) is 41.0 Å². The van der Waals surface area contributed by atoms with Crippen molar-refractivity contribution in [3.05, 3.63) is 23.8 Å².